The summed E-state index contributed by atoms with van der Waals surface area (Å²) in [6.45, 7) is 3.02. The van der Waals surface area contributed by atoms with Gasteiger partial charge in [0.05, 0.1) is 25.0 Å². The van der Waals surface area contributed by atoms with Gasteiger partial charge in [-0.1, -0.05) is 91.0 Å². The molecule has 0 N–H and O–H groups in total. The van der Waals surface area contributed by atoms with E-state index in [9.17, 15) is 0 Å². The average Bonchev–Trinajstić information content (AvgIpc) is 3.41. The molecule has 35 heavy (non-hydrogen) atoms. The van der Waals surface area contributed by atoms with Gasteiger partial charge in [-0.25, -0.2) is 15.0 Å². The van der Waals surface area contributed by atoms with Crippen LogP contribution in [0, 0.1) is 0 Å². The molecule has 3 heterocycles. The largest absolute Gasteiger partial charge is 0.378 e. The first-order valence-electron chi connectivity index (χ1n) is 12.1. The minimum atomic E-state index is 0.0578. The number of ether oxygens (including phenoxy) is 1. The van der Waals surface area contributed by atoms with Gasteiger partial charge in [0.1, 0.15) is 5.82 Å². The molecule has 6 rings (SSSR count). The van der Waals surface area contributed by atoms with Gasteiger partial charge >= 0.3 is 0 Å². The minimum absolute atomic E-state index is 0.0578. The van der Waals surface area contributed by atoms with Crippen LogP contribution in [0.1, 0.15) is 23.6 Å². The van der Waals surface area contributed by atoms with Crippen LogP contribution in [-0.2, 0) is 4.74 Å². The summed E-state index contributed by atoms with van der Waals surface area (Å²) in [6.07, 6.45) is 0.811. The van der Waals surface area contributed by atoms with E-state index < -0.39 is 0 Å². The molecule has 6 nitrogen and oxygen atoms in total. The van der Waals surface area contributed by atoms with Crippen molar-refractivity contribution in [2.45, 2.75) is 12.5 Å². The molecule has 1 saturated heterocycles. The highest BCUT2D eigenvalue weighted by Gasteiger charge is 2.31. The van der Waals surface area contributed by atoms with Gasteiger partial charge in [-0.3, -0.25) is 0 Å². The number of nitrogens with zero attached hydrogens (tertiary/aromatic N) is 5. The van der Waals surface area contributed by atoms with E-state index in [1.807, 2.05) is 24.3 Å². The highest BCUT2D eigenvalue weighted by Crippen LogP contribution is 2.37. The third-order valence-electron chi connectivity index (χ3n) is 6.50. The Balaban J connectivity index is 1.47. The monoisotopic (exact) mass is 461 g/mol. The Morgan fingerprint density at radius 2 is 1.29 bits per heavy atom. The lowest BCUT2D eigenvalue weighted by molar-refractivity contribution is 0.122. The van der Waals surface area contributed by atoms with E-state index in [4.69, 9.17) is 19.8 Å². The Labute approximate surface area is 205 Å². The highest BCUT2D eigenvalue weighted by molar-refractivity contribution is 6.03. The Kier molecular flexibility index (Phi) is 5.95. The van der Waals surface area contributed by atoms with Crippen molar-refractivity contribution in [1.82, 2.24) is 9.97 Å². The maximum Gasteiger partial charge on any atom is 0.163 e. The number of anilines is 2. The summed E-state index contributed by atoms with van der Waals surface area (Å²) in [5, 5.41) is 7.20. The summed E-state index contributed by atoms with van der Waals surface area (Å²) in [7, 11) is 0. The van der Waals surface area contributed by atoms with E-state index in [2.05, 4.69) is 82.7 Å². The van der Waals surface area contributed by atoms with Gasteiger partial charge < -0.3 is 9.64 Å². The van der Waals surface area contributed by atoms with Gasteiger partial charge in [-0.2, -0.15) is 5.10 Å². The van der Waals surface area contributed by atoms with E-state index in [-0.39, 0.29) is 6.04 Å². The molecule has 0 bridgehead atoms. The van der Waals surface area contributed by atoms with Crippen molar-refractivity contribution in [3.63, 3.8) is 0 Å². The molecule has 0 aliphatic carbocycles. The molecule has 174 valence electrons. The summed E-state index contributed by atoms with van der Waals surface area (Å²) in [5.74, 6) is 2.42. The second kappa shape index (κ2) is 9.68. The number of hydrogen-bond acceptors (Lipinski definition) is 6. The quantitative estimate of drug-likeness (QED) is 0.402. The summed E-state index contributed by atoms with van der Waals surface area (Å²) >= 11 is 0. The number of aromatic nitrogens is 2. The first-order valence-corrected chi connectivity index (χ1v) is 12.1. The van der Waals surface area contributed by atoms with Crippen LogP contribution in [-0.4, -0.2) is 42.0 Å². The van der Waals surface area contributed by atoms with E-state index >= 15 is 0 Å². The van der Waals surface area contributed by atoms with Crippen molar-refractivity contribution < 1.29 is 4.74 Å². The number of rotatable bonds is 5. The molecular formula is C29H27N5O. The normalized spacial score (nSPS) is 17.9. The SMILES string of the molecule is c1ccc(C2=NN(c3cc(N4CCOCC4)nc(-c4ccccc4)n3)C(c3ccccc3)C2)cc1. The van der Waals surface area contributed by atoms with Crippen molar-refractivity contribution in [3.05, 3.63) is 108 Å². The van der Waals surface area contributed by atoms with Crippen LogP contribution >= 0.6 is 0 Å². The first-order chi connectivity index (χ1) is 17.3. The molecule has 3 aromatic carbocycles. The molecule has 0 radical (unpaired) electrons. The van der Waals surface area contributed by atoms with Crippen LogP contribution in [0.3, 0.4) is 0 Å². The zero-order chi connectivity index (χ0) is 23.5. The van der Waals surface area contributed by atoms with Crippen molar-refractivity contribution in [1.29, 1.82) is 0 Å². The summed E-state index contributed by atoms with van der Waals surface area (Å²) in [5.41, 5.74) is 4.41. The Bertz CT molecular complexity index is 1310. The predicted molar refractivity (Wildman–Crippen MR) is 140 cm³/mol. The molecule has 0 amide bonds. The van der Waals surface area contributed by atoms with Gasteiger partial charge in [-0.05, 0) is 11.1 Å². The molecule has 4 aromatic rings. The fourth-order valence-electron chi connectivity index (χ4n) is 4.67. The molecule has 6 heteroatoms. The fourth-order valence-corrected chi connectivity index (χ4v) is 4.67. The van der Waals surface area contributed by atoms with E-state index in [1.54, 1.807) is 0 Å². The molecule has 0 saturated carbocycles. The molecule has 2 aliphatic heterocycles. The predicted octanol–water partition coefficient (Wildman–Crippen LogP) is 5.34. The van der Waals surface area contributed by atoms with Crippen LogP contribution in [0.2, 0.25) is 0 Å². The van der Waals surface area contributed by atoms with E-state index in [1.165, 1.54) is 5.56 Å². The fraction of sp³-hybridized carbons (Fsp3) is 0.207. The Morgan fingerprint density at radius 3 is 1.97 bits per heavy atom. The van der Waals surface area contributed by atoms with Gasteiger partial charge in [0.15, 0.2) is 11.6 Å². The van der Waals surface area contributed by atoms with Gasteiger partial charge in [0.2, 0.25) is 0 Å². The maximum absolute atomic E-state index is 5.59. The standard InChI is InChI=1S/C29H27N5O/c1-4-10-22(11-5-1)25-20-26(23-12-6-2-7-13-23)34(32-25)28-21-27(33-16-18-35-19-17-33)30-29(31-28)24-14-8-3-9-15-24/h1-15,21,26H,16-20H2. The molecule has 1 unspecified atom stereocenters. The number of morpholine rings is 1. The number of hydrazone groups is 1. The maximum atomic E-state index is 5.59. The van der Waals surface area contributed by atoms with Gasteiger partial charge in [0, 0.05) is 31.1 Å². The van der Waals surface area contributed by atoms with Gasteiger partial charge in [0.25, 0.3) is 0 Å². The smallest absolute Gasteiger partial charge is 0.163 e. The second-order valence-corrected chi connectivity index (χ2v) is 8.76. The molecular weight excluding hydrogens is 434 g/mol. The van der Waals surface area contributed by atoms with E-state index in [0.717, 1.165) is 48.0 Å². The van der Waals surface area contributed by atoms with Gasteiger partial charge in [-0.15, -0.1) is 0 Å². The number of hydrogen-bond donors (Lipinski definition) is 0. The average molecular weight is 462 g/mol. The van der Waals surface area contributed by atoms with Crippen molar-refractivity contribution in [3.8, 4) is 11.4 Å². The lowest BCUT2D eigenvalue weighted by atomic mass is 9.98. The summed E-state index contributed by atoms with van der Waals surface area (Å²) in [4.78, 5) is 12.3. The van der Waals surface area contributed by atoms with Crippen LogP contribution in [0.15, 0.2) is 102 Å². The molecule has 2 aliphatic rings. The Hall–Kier alpha value is -4.03. The van der Waals surface area contributed by atoms with Crippen LogP contribution in [0.25, 0.3) is 11.4 Å². The molecule has 1 aromatic heterocycles. The van der Waals surface area contributed by atoms with Crippen molar-refractivity contribution in [2.75, 3.05) is 36.2 Å². The van der Waals surface area contributed by atoms with Crippen LogP contribution in [0.5, 0.6) is 0 Å². The van der Waals surface area contributed by atoms with Crippen LogP contribution in [0.4, 0.5) is 11.6 Å². The Morgan fingerprint density at radius 1 is 0.686 bits per heavy atom. The van der Waals surface area contributed by atoms with E-state index in [0.29, 0.717) is 19.0 Å². The van der Waals surface area contributed by atoms with Crippen LogP contribution < -0.4 is 9.91 Å². The van der Waals surface area contributed by atoms with Crippen molar-refractivity contribution in [2.24, 2.45) is 5.10 Å². The summed E-state index contributed by atoms with van der Waals surface area (Å²) < 4.78 is 5.59. The zero-order valence-corrected chi connectivity index (χ0v) is 19.5. The topological polar surface area (TPSA) is 53.9 Å². The molecule has 1 fully saturated rings. The lowest BCUT2D eigenvalue weighted by Crippen LogP contribution is -2.37. The first kappa shape index (κ1) is 21.5. The minimum Gasteiger partial charge on any atom is -0.378 e. The molecule has 0 spiro atoms. The summed E-state index contributed by atoms with van der Waals surface area (Å²) in [6, 6.07) is 33.3. The third kappa shape index (κ3) is 4.53. The number of benzene rings is 3. The third-order valence-corrected chi connectivity index (χ3v) is 6.50. The van der Waals surface area contributed by atoms with Crippen molar-refractivity contribution >= 4 is 17.3 Å². The molecule has 1 atom stereocenters. The lowest BCUT2D eigenvalue weighted by Gasteiger charge is -2.29. The zero-order valence-electron chi connectivity index (χ0n) is 19.5. The highest BCUT2D eigenvalue weighted by atomic mass is 16.5. The second-order valence-electron chi connectivity index (χ2n) is 8.76.